The number of nitrogens with zero attached hydrogens (tertiary/aromatic N) is 4. The van der Waals surface area contributed by atoms with Crippen molar-refractivity contribution in [3.63, 3.8) is 0 Å². The zero-order valence-corrected chi connectivity index (χ0v) is 20.3. The van der Waals surface area contributed by atoms with Gasteiger partial charge in [-0.25, -0.2) is 9.18 Å². The van der Waals surface area contributed by atoms with Crippen molar-refractivity contribution < 1.29 is 9.50 Å². The van der Waals surface area contributed by atoms with Crippen LogP contribution in [0.1, 0.15) is 12.8 Å². The summed E-state index contributed by atoms with van der Waals surface area (Å²) in [5.41, 5.74) is 4.01. The molecule has 1 saturated heterocycles. The summed E-state index contributed by atoms with van der Waals surface area (Å²) in [7, 11) is 1.66. The Labute approximate surface area is 211 Å². The van der Waals surface area contributed by atoms with Crippen molar-refractivity contribution in [1.29, 1.82) is 0 Å². The number of rotatable bonds is 4. The topological polar surface area (TPSA) is 79.1 Å². The summed E-state index contributed by atoms with van der Waals surface area (Å²) in [5.74, 6) is -0.534. The smallest absolute Gasteiger partial charge is 0.332 e. The van der Waals surface area contributed by atoms with Crippen molar-refractivity contribution in [2.75, 3.05) is 18.0 Å². The molecule has 0 unspecified atom stereocenters. The van der Waals surface area contributed by atoms with Crippen LogP contribution in [0.4, 0.5) is 10.1 Å². The second-order valence-electron chi connectivity index (χ2n) is 9.10. The Kier molecular flexibility index (Phi) is 5.34. The van der Waals surface area contributed by atoms with Gasteiger partial charge in [-0.05, 0) is 60.4 Å². The zero-order chi connectivity index (χ0) is 25.0. The van der Waals surface area contributed by atoms with Gasteiger partial charge in [0.2, 0.25) is 0 Å². The number of hydrogen-bond acceptors (Lipinski definition) is 4. The Hall–Kier alpha value is -4.04. The number of anilines is 1. The number of H-pyrrole nitrogens is 1. The molecule has 0 saturated carbocycles. The molecule has 9 heteroatoms. The maximum atomic E-state index is 14.9. The number of hydrogen-bond donors (Lipinski definition) is 2. The molecule has 6 rings (SSSR count). The fraction of sp³-hybridized carbons (Fsp3) is 0.185. The van der Waals surface area contributed by atoms with Gasteiger partial charge < -0.3 is 14.6 Å². The quantitative estimate of drug-likeness (QED) is 0.340. The van der Waals surface area contributed by atoms with Gasteiger partial charge in [-0.2, -0.15) is 5.10 Å². The molecule has 5 aromatic rings. The van der Waals surface area contributed by atoms with Crippen molar-refractivity contribution >= 4 is 28.2 Å². The van der Waals surface area contributed by atoms with Crippen LogP contribution in [0, 0.1) is 5.82 Å². The summed E-state index contributed by atoms with van der Waals surface area (Å²) in [6.07, 6.45) is 7.30. The number of imidazole rings is 1. The lowest BCUT2D eigenvalue weighted by Gasteiger charge is -2.20. The molecule has 0 radical (unpaired) electrons. The third-order valence-electron chi connectivity index (χ3n) is 6.83. The Morgan fingerprint density at radius 3 is 2.44 bits per heavy atom. The molecule has 0 amide bonds. The fourth-order valence-electron chi connectivity index (χ4n) is 4.96. The zero-order valence-electron chi connectivity index (χ0n) is 19.5. The minimum absolute atomic E-state index is 0.0525. The van der Waals surface area contributed by atoms with E-state index in [1.54, 1.807) is 43.8 Å². The van der Waals surface area contributed by atoms with Crippen LogP contribution in [0.3, 0.4) is 0 Å². The van der Waals surface area contributed by atoms with Crippen molar-refractivity contribution in [3.05, 3.63) is 82.4 Å². The van der Waals surface area contributed by atoms with Crippen LogP contribution in [0.25, 0.3) is 38.8 Å². The average Bonchev–Trinajstić information content (AvgIpc) is 3.63. The van der Waals surface area contributed by atoms with Crippen LogP contribution in [0.2, 0.25) is 5.02 Å². The molecule has 0 bridgehead atoms. The van der Waals surface area contributed by atoms with Crippen LogP contribution in [0.5, 0.6) is 5.75 Å². The second kappa shape index (κ2) is 8.57. The Morgan fingerprint density at radius 1 is 1.00 bits per heavy atom. The molecule has 1 fully saturated rings. The first-order valence-corrected chi connectivity index (χ1v) is 12.1. The number of phenolic OH excluding ortho intramolecular Hbond substituents is 1. The maximum Gasteiger partial charge on any atom is 0.332 e. The molecular weight excluding hydrogens is 481 g/mol. The molecule has 36 heavy (non-hydrogen) atoms. The van der Waals surface area contributed by atoms with Gasteiger partial charge in [0, 0.05) is 54.7 Å². The molecule has 7 nitrogen and oxygen atoms in total. The molecule has 182 valence electrons. The third kappa shape index (κ3) is 3.65. The van der Waals surface area contributed by atoms with E-state index in [-0.39, 0.29) is 11.4 Å². The van der Waals surface area contributed by atoms with Crippen molar-refractivity contribution in [2.24, 2.45) is 7.05 Å². The molecule has 2 aromatic heterocycles. The predicted octanol–water partition coefficient (Wildman–Crippen LogP) is 5.48. The van der Waals surface area contributed by atoms with Gasteiger partial charge in [0.15, 0.2) is 0 Å². The molecule has 0 spiro atoms. The Bertz CT molecular complexity index is 1680. The highest BCUT2D eigenvalue weighted by Gasteiger charge is 2.20. The summed E-state index contributed by atoms with van der Waals surface area (Å²) < 4.78 is 17.8. The number of phenols is 1. The first-order valence-electron chi connectivity index (χ1n) is 11.7. The number of nitrogens with one attached hydrogen (secondary N) is 1. The first-order chi connectivity index (χ1) is 17.4. The molecule has 1 aliphatic heterocycles. The summed E-state index contributed by atoms with van der Waals surface area (Å²) >= 11 is 6.53. The minimum Gasteiger partial charge on any atom is -0.507 e. The van der Waals surface area contributed by atoms with Crippen LogP contribution in [-0.4, -0.2) is 37.5 Å². The van der Waals surface area contributed by atoms with Crippen LogP contribution in [0.15, 0.2) is 65.8 Å². The number of benzene rings is 3. The molecule has 3 heterocycles. The summed E-state index contributed by atoms with van der Waals surface area (Å²) in [5, 5.41) is 19.8. The normalized spacial score (nSPS) is 13.7. The standard InChI is InChI=1S/C27H23ClFN5O2/c1-32-8-9-34(27(32)36)24-5-4-16(10-22(24)28)19-13-18(29)14-20(26(19)35)17-11-23-21(15-30-31-23)25(12-17)33-6-2-3-7-33/h4-5,8-15,35H,2-3,6-7H2,1H3,(H,30,31). The van der Waals surface area contributed by atoms with Crippen LogP contribution < -0.4 is 10.6 Å². The van der Waals surface area contributed by atoms with Crippen molar-refractivity contribution in [1.82, 2.24) is 19.3 Å². The first kappa shape index (κ1) is 22.4. The van der Waals surface area contributed by atoms with E-state index in [1.807, 2.05) is 12.1 Å². The maximum absolute atomic E-state index is 14.9. The highest BCUT2D eigenvalue weighted by Crippen LogP contribution is 2.42. The Morgan fingerprint density at radius 2 is 1.75 bits per heavy atom. The molecule has 0 aliphatic carbocycles. The molecule has 1 aliphatic rings. The number of halogens is 2. The van der Waals surface area contributed by atoms with E-state index in [0.717, 1.165) is 42.5 Å². The number of aromatic nitrogens is 4. The van der Waals surface area contributed by atoms with E-state index in [1.165, 1.54) is 21.3 Å². The largest absolute Gasteiger partial charge is 0.507 e. The highest BCUT2D eigenvalue weighted by molar-refractivity contribution is 6.32. The number of aromatic amines is 1. The molecular formula is C27H23ClFN5O2. The van der Waals surface area contributed by atoms with E-state index in [9.17, 15) is 14.3 Å². The number of fused-ring (bicyclic) bond motifs is 1. The van der Waals surface area contributed by atoms with Gasteiger partial charge in [-0.1, -0.05) is 17.7 Å². The molecule has 3 aromatic carbocycles. The minimum atomic E-state index is -0.482. The third-order valence-corrected chi connectivity index (χ3v) is 7.14. The lowest BCUT2D eigenvalue weighted by molar-refractivity contribution is 0.477. The lowest BCUT2D eigenvalue weighted by atomic mass is 9.95. The van der Waals surface area contributed by atoms with Gasteiger partial charge in [-0.15, -0.1) is 0 Å². The van der Waals surface area contributed by atoms with E-state index >= 15 is 0 Å². The molecule has 0 atom stereocenters. The van der Waals surface area contributed by atoms with Gasteiger partial charge in [-0.3, -0.25) is 9.67 Å². The van der Waals surface area contributed by atoms with Crippen LogP contribution >= 0.6 is 11.6 Å². The van der Waals surface area contributed by atoms with Gasteiger partial charge in [0.1, 0.15) is 11.6 Å². The molecule has 2 N–H and O–H groups in total. The number of aryl methyl sites for hydroxylation is 1. The van der Waals surface area contributed by atoms with E-state index in [2.05, 4.69) is 15.1 Å². The van der Waals surface area contributed by atoms with Crippen molar-refractivity contribution in [2.45, 2.75) is 12.8 Å². The highest BCUT2D eigenvalue weighted by atomic mass is 35.5. The summed E-state index contributed by atoms with van der Waals surface area (Å²) in [4.78, 5) is 14.6. The van der Waals surface area contributed by atoms with Gasteiger partial charge in [0.25, 0.3) is 0 Å². The monoisotopic (exact) mass is 503 g/mol. The SMILES string of the molecule is Cn1ccn(-c2ccc(-c3cc(F)cc(-c4cc(N5CCCC5)c5cn[nH]c5c4)c3O)cc2Cl)c1=O. The van der Waals surface area contributed by atoms with E-state index in [4.69, 9.17) is 11.6 Å². The van der Waals surface area contributed by atoms with Gasteiger partial charge in [0.05, 0.1) is 22.4 Å². The van der Waals surface area contributed by atoms with Crippen LogP contribution in [-0.2, 0) is 7.05 Å². The summed E-state index contributed by atoms with van der Waals surface area (Å²) in [6, 6.07) is 11.5. The second-order valence-corrected chi connectivity index (χ2v) is 9.51. The van der Waals surface area contributed by atoms with E-state index < -0.39 is 5.82 Å². The van der Waals surface area contributed by atoms with E-state index in [0.29, 0.717) is 33.0 Å². The number of aromatic hydroxyl groups is 1. The lowest BCUT2D eigenvalue weighted by Crippen LogP contribution is -2.20. The summed E-state index contributed by atoms with van der Waals surface area (Å²) in [6.45, 7) is 1.89. The fourth-order valence-corrected chi connectivity index (χ4v) is 5.24. The average molecular weight is 504 g/mol. The van der Waals surface area contributed by atoms with Gasteiger partial charge >= 0.3 is 5.69 Å². The predicted molar refractivity (Wildman–Crippen MR) is 140 cm³/mol. The Balaban J connectivity index is 1.47. The van der Waals surface area contributed by atoms with Crippen molar-refractivity contribution in [3.8, 4) is 33.7 Å².